The number of nitrogens with one attached hydrogen (secondary N) is 1. The van der Waals surface area contributed by atoms with Crippen molar-refractivity contribution < 1.29 is 5.11 Å². The van der Waals surface area contributed by atoms with Crippen LogP contribution in [0.3, 0.4) is 0 Å². The van der Waals surface area contributed by atoms with E-state index in [1.165, 1.54) is 12.8 Å². The van der Waals surface area contributed by atoms with Crippen LogP contribution in [0.5, 0.6) is 0 Å². The van der Waals surface area contributed by atoms with E-state index < -0.39 is 0 Å². The molecule has 1 spiro atoms. The van der Waals surface area contributed by atoms with Gasteiger partial charge in [0.15, 0.2) is 0 Å². The summed E-state index contributed by atoms with van der Waals surface area (Å²) < 4.78 is 0. The summed E-state index contributed by atoms with van der Waals surface area (Å²) in [6, 6.07) is 9.68. The Kier molecular flexibility index (Phi) is 2.57. The van der Waals surface area contributed by atoms with E-state index in [1.54, 1.807) is 11.1 Å². The zero-order chi connectivity index (χ0) is 14.9. The summed E-state index contributed by atoms with van der Waals surface area (Å²) in [4.78, 5) is 0. The molecule has 1 aromatic carbocycles. The lowest BCUT2D eigenvalue weighted by molar-refractivity contribution is -0.0727. The summed E-state index contributed by atoms with van der Waals surface area (Å²) in [6.45, 7) is 3.13. The van der Waals surface area contributed by atoms with Crippen LogP contribution in [-0.2, 0) is 11.8 Å². The molecule has 22 heavy (non-hydrogen) atoms. The van der Waals surface area contributed by atoms with Crippen LogP contribution in [0.15, 0.2) is 36.4 Å². The maximum absolute atomic E-state index is 10.3. The maximum Gasteiger partial charge on any atom is 0.0546 e. The molecular formula is C20H25NO. The van der Waals surface area contributed by atoms with Crippen molar-refractivity contribution in [1.29, 1.82) is 0 Å². The van der Waals surface area contributed by atoms with Crippen LogP contribution in [0.2, 0.25) is 0 Å². The van der Waals surface area contributed by atoms with Crippen molar-refractivity contribution >= 4 is 0 Å². The second-order valence-corrected chi connectivity index (χ2v) is 8.08. The average Bonchev–Trinajstić information content (AvgIpc) is 2.53. The van der Waals surface area contributed by atoms with Gasteiger partial charge >= 0.3 is 0 Å². The first-order chi connectivity index (χ1) is 10.7. The second-order valence-electron chi connectivity index (χ2n) is 8.08. The molecule has 6 rings (SSSR count). The van der Waals surface area contributed by atoms with Crippen LogP contribution >= 0.6 is 0 Å². The Hall–Kier alpha value is -1.12. The van der Waals surface area contributed by atoms with Crippen LogP contribution in [0.25, 0.3) is 0 Å². The fraction of sp³-hybridized carbons (Fsp3) is 0.600. The van der Waals surface area contributed by atoms with Crippen molar-refractivity contribution in [3.05, 3.63) is 47.5 Å². The Bertz CT molecular complexity index is 651. The monoisotopic (exact) mass is 295 g/mol. The van der Waals surface area contributed by atoms with Crippen LogP contribution in [-0.4, -0.2) is 23.8 Å². The minimum absolute atomic E-state index is 0.193. The summed E-state index contributed by atoms with van der Waals surface area (Å²) >= 11 is 0. The van der Waals surface area contributed by atoms with Gasteiger partial charge in [-0.25, -0.2) is 0 Å². The molecule has 0 radical (unpaired) electrons. The van der Waals surface area contributed by atoms with Gasteiger partial charge in [-0.15, -0.1) is 0 Å². The molecule has 1 heterocycles. The summed E-state index contributed by atoms with van der Waals surface area (Å²) in [6.07, 6.45) is 9.56. The number of aliphatic hydroxyl groups excluding tert-OH is 1. The zero-order valence-corrected chi connectivity index (χ0v) is 13.3. The highest BCUT2D eigenvalue weighted by molar-refractivity contribution is 5.48. The summed E-state index contributed by atoms with van der Waals surface area (Å²) in [5.74, 6) is 0.984. The number of aliphatic hydroxyl groups is 1. The van der Waals surface area contributed by atoms with Gasteiger partial charge in [-0.1, -0.05) is 36.4 Å². The van der Waals surface area contributed by atoms with E-state index in [9.17, 15) is 5.11 Å². The molecule has 2 nitrogen and oxygen atoms in total. The molecule has 116 valence electrons. The molecule has 6 atom stereocenters. The highest BCUT2D eigenvalue weighted by Crippen LogP contribution is 2.67. The van der Waals surface area contributed by atoms with E-state index in [4.69, 9.17) is 0 Å². The molecule has 0 amide bonds. The Labute approximate surface area is 132 Å². The molecule has 5 aliphatic rings. The minimum Gasteiger partial charge on any atom is -0.393 e. The fourth-order valence-electron chi connectivity index (χ4n) is 6.45. The van der Waals surface area contributed by atoms with E-state index in [2.05, 4.69) is 41.7 Å². The molecule has 4 bridgehead atoms. The van der Waals surface area contributed by atoms with Crippen molar-refractivity contribution in [1.82, 2.24) is 5.32 Å². The largest absolute Gasteiger partial charge is 0.393 e. The van der Waals surface area contributed by atoms with Crippen LogP contribution in [0.1, 0.15) is 37.3 Å². The number of fused-ring (bicyclic) bond motifs is 2. The lowest BCUT2D eigenvalue weighted by Gasteiger charge is -2.68. The molecule has 2 heteroatoms. The minimum atomic E-state index is -0.193. The smallest absolute Gasteiger partial charge is 0.0546 e. The average molecular weight is 295 g/mol. The van der Waals surface area contributed by atoms with Gasteiger partial charge in [-0.2, -0.15) is 0 Å². The Morgan fingerprint density at radius 1 is 1.27 bits per heavy atom. The first kappa shape index (κ1) is 13.3. The predicted molar refractivity (Wildman–Crippen MR) is 87.7 cm³/mol. The lowest BCUT2D eigenvalue weighted by Crippen LogP contribution is -2.70. The van der Waals surface area contributed by atoms with Crippen molar-refractivity contribution in [2.45, 2.75) is 50.2 Å². The maximum atomic E-state index is 10.3. The predicted octanol–water partition coefficient (Wildman–Crippen LogP) is 2.81. The highest BCUT2D eigenvalue weighted by Gasteiger charge is 2.65. The third kappa shape index (κ3) is 1.39. The molecule has 2 unspecified atom stereocenters. The SMILES string of the molecule is CC(O)C1C[C@@]23C=C[C@@H]1C[C@@]21CCN[C@@H]3Cc2ccccc21. The van der Waals surface area contributed by atoms with E-state index in [0.29, 0.717) is 23.3 Å². The zero-order valence-electron chi connectivity index (χ0n) is 13.3. The molecule has 1 aromatic rings. The third-order valence-corrected chi connectivity index (χ3v) is 7.38. The normalized spacial score (nSPS) is 46.0. The summed E-state index contributed by atoms with van der Waals surface area (Å²) in [5.41, 5.74) is 3.70. The van der Waals surface area contributed by atoms with Gasteiger partial charge in [0.1, 0.15) is 0 Å². The van der Waals surface area contributed by atoms with E-state index in [1.807, 2.05) is 6.92 Å². The second kappa shape index (κ2) is 4.24. The Morgan fingerprint density at radius 3 is 3.00 bits per heavy atom. The summed E-state index contributed by atoms with van der Waals surface area (Å²) in [7, 11) is 0. The van der Waals surface area contributed by atoms with Crippen LogP contribution in [0.4, 0.5) is 0 Å². The lowest BCUT2D eigenvalue weighted by atomic mass is 9.39. The Morgan fingerprint density at radius 2 is 2.14 bits per heavy atom. The standard InChI is InChI=1S/C20H25NO/c1-13(22)16-12-20-7-6-15(16)11-19(20)8-9-21-18(20)10-14-4-2-3-5-17(14)19/h2-7,13,15-16,18,21-22H,8-12H2,1H3/t13?,15-,16?,18-,19-,20-/m1/s1. The fourth-order valence-corrected chi connectivity index (χ4v) is 6.45. The van der Waals surface area contributed by atoms with Gasteiger partial charge in [0.2, 0.25) is 0 Å². The van der Waals surface area contributed by atoms with Crippen molar-refractivity contribution in [2.24, 2.45) is 17.3 Å². The molecule has 0 aromatic heterocycles. The molecule has 1 aliphatic heterocycles. The van der Waals surface area contributed by atoms with Gasteiger partial charge in [-0.3, -0.25) is 0 Å². The van der Waals surface area contributed by atoms with Crippen molar-refractivity contribution in [3.63, 3.8) is 0 Å². The van der Waals surface area contributed by atoms with E-state index >= 15 is 0 Å². The number of rotatable bonds is 1. The van der Waals surface area contributed by atoms with Gasteiger partial charge < -0.3 is 10.4 Å². The molecular weight excluding hydrogens is 270 g/mol. The van der Waals surface area contributed by atoms with E-state index in [-0.39, 0.29) is 11.5 Å². The number of allylic oxidation sites excluding steroid dienone is 1. The van der Waals surface area contributed by atoms with Gasteiger partial charge in [-0.05, 0) is 62.1 Å². The number of hydrogen-bond donors (Lipinski definition) is 2. The molecule has 1 saturated carbocycles. The van der Waals surface area contributed by atoms with Crippen LogP contribution < -0.4 is 5.32 Å². The molecule has 2 N–H and O–H groups in total. The third-order valence-electron chi connectivity index (χ3n) is 7.38. The van der Waals surface area contributed by atoms with E-state index in [0.717, 1.165) is 19.4 Å². The Balaban J connectivity index is 1.73. The van der Waals surface area contributed by atoms with Crippen LogP contribution in [0, 0.1) is 17.3 Å². The number of hydrogen-bond acceptors (Lipinski definition) is 2. The number of piperidine rings is 1. The summed E-state index contributed by atoms with van der Waals surface area (Å²) in [5, 5.41) is 14.1. The van der Waals surface area contributed by atoms with Crippen molar-refractivity contribution in [2.75, 3.05) is 6.54 Å². The van der Waals surface area contributed by atoms with Gasteiger partial charge in [0.25, 0.3) is 0 Å². The molecule has 2 fully saturated rings. The van der Waals surface area contributed by atoms with Crippen molar-refractivity contribution in [3.8, 4) is 0 Å². The number of benzene rings is 1. The highest BCUT2D eigenvalue weighted by atomic mass is 16.3. The van der Waals surface area contributed by atoms with Gasteiger partial charge in [0, 0.05) is 16.9 Å². The topological polar surface area (TPSA) is 32.3 Å². The first-order valence-electron chi connectivity index (χ1n) is 8.85. The molecule has 4 aliphatic carbocycles. The first-order valence-corrected chi connectivity index (χ1v) is 8.85. The van der Waals surface area contributed by atoms with Gasteiger partial charge in [0.05, 0.1) is 6.10 Å². The molecule has 1 saturated heterocycles. The quantitative estimate of drug-likeness (QED) is 0.781.